The molecule has 108 valence electrons. The molecule has 20 heavy (non-hydrogen) atoms. The highest BCUT2D eigenvalue weighted by Gasteiger charge is 2.31. The zero-order valence-corrected chi connectivity index (χ0v) is 12.3. The van der Waals surface area contributed by atoms with Crippen LogP contribution < -0.4 is 5.32 Å². The summed E-state index contributed by atoms with van der Waals surface area (Å²) in [7, 11) is 0. The number of hydrogen-bond donors (Lipinski definition) is 1. The number of carbonyl (C=O) groups is 1. The molecule has 2 atom stereocenters. The Hall–Kier alpha value is -1.35. The van der Waals surface area contributed by atoms with Crippen molar-refractivity contribution < 1.29 is 4.79 Å². The van der Waals surface area contributed by atoms with Gasteiger partial charge < -0.3 is 10.2 Å². The van der Waals surface area contributed by atoms with E-state index in [9.17, 15) is 4.79 Å². The number of fused-ring (bicyclic) bond motifs is 1. The van der Waals surface area contributed by atoms with Gasteiger partial charge in [-0.25, -0.2) is 0 Å². The lowest BCUT2D eigenvalue weighted by molar-refractivity contribution is -0.130. The molecule has 2 fully saturated rings. The topological polar surface area (TPSA) is 32.3 Å². The molecule has 0 unspecified atom stereocenters. The Bertz CT molecular complexity index is 454. The van der Waals surface area contributed by atoms with Gasteiger partial charge in [-0.05, 0) is 50.3 Å². The predicted octanol–water partition coefficient (Wildman–Crippen LogP) is 2.00. The van der Waals surface area contributed by atoms with E-state index in [2.05, 4.69) is 41.4 Å². The van der Waals surface area contributed by atoms with Crippen LogP contribution in [0.25, 0.3) is 0 Å². The number of benzene rings is 1. The highest BCUT2D eigenvalue weighted by atomic mass is 16.2. The molecule has 1 aromatic rings. The van der Waals surface area contributed by atoms with E-state index in [1.165, 1.54) is 5.56 Å². The van der Waals surface area contributed by atoms with Gasteiger partial charge in [-0.15, -0.1) is 0 Å². The van der Waals surface area contributed by atoms with E-state index in [1.807, 2.05) is 0 Å². The average molecular weight is 272 g/mol. The van der Waals surface area contributed by atoms with Crippen LogP contribution in [0.3, 0.4) is 0 Å². The van der Waals surface area contributed by atoms with E-state index in [0.29, 0.717) is 12.3 Å². The van der Waals surface area contributed by atoms with Crippen molar-refractivity contribution >= 4 is 5.91 Å². The zero-order chi connectivity index (χ0) is 13.9. The molecule has 1 N–H and O–H groups in total. The van der Waals surface area contributed by atoms with E-state index >= 15 is 0 Å². The van der Waals surface area contributed by atoms with Gasteiger partial charge in [0.1, 0.15) is 0 Å². The van der Waals surface area contributed by atoms with Gasteiger partial charge in [0.05, 0.1) is 6.42 Å². The number of carbonyl (C=O) groups excluding carboxylic acids is 1. The summed E-state index contributed by atoms with van der Waals surface area (Å²) >= 11 is 0. The summed E-state index contributed by atoms with van der Waals surface area (Å²) in [6.07, 6.45) is 2.88. The first-order chi connectivity index (χ1) is 9.72. The Balaban J connectivity index is 1.58. The van der Waals surface area contributed by atoms with Gasteiger partial charge in [-0.2, -0.15) is 0 Å². The third-order valence-electron chi connectivity index (χ3n) is 4.85. The lowest BCUT2D eigenvalue weighted by Gasteiger charge is -2.21. The summed E-state index contributed by atoms with van der Waals surface area (Å²) in [6.45, 7) is 6.24. The van der Waals surface area contributed by atoms with Gasteiger partial charge >= 0.3 is 0 Å². The van der Waals surface area contributed by atoms with Gasteiger partial charge in [0.2, 0.25) is 5.91 Å². The van der Waals surface area contributed by atoms with Crippen LogP contribution in [0.5, 0.6) is 0 Å². The number of likely N-dealkylation sites (tertiary alicyclic amines) is 1. The summed E-state index contributed by atoms with van der Waals surface area (Å²) in [6, 6.07) is 8.32. The molecule has 2 heterocycles. The van der Waals surface area contributed by atoms with Crippen molar-refractivity contribution in [1.29, 1.82) is 0 Å². The predicted molar refractivity (Wildman–Crippen MR) is 80.5 cm³/mol. The number of rotatable bonds is 2. The fourth-order valence-corrected chi connectivity index (χ4v) is 3.46. The van der Waals surface area contributed by atoms with Crippen molar-refractivity contribution in [2.24, 2.45) is 11.8 Å². The standard InChI is InChI=1S/C17H24N2O/c1-13-2-4-14(5-3-13)10-17(20)19-8-6-15-11-18-12-16(15)7-9-19/h2-5,15-16,18H,6-12H2,1H3/t15-,16+. The third-order valence-corrected chi connectivity index (χ3v) is 4.85. The highest BCUT2D eigenvalue weighted by Crippen LogP contribution is 2.27. The minimum absolute atomic E-state index is 0.293. The lowest BCUT2D eigenvalue weighted by atomic mass is 9.92. The van der Waals surface area contributed by atoms with Crippen LogP contribution in [0.15, 0.2) is 24.3 Å². The average Bonchev–Trinajstić information content (AvgIpc) is 2.80. The molecule has 0 radical (unpaired) electrons. The maximum absolute atomic E-state index is 12.4. The van der Waals surface area contributed by atoms with Crippen molar-refractivity contribution in [3.8, 4) is 0 Å². The summed E-state index contributed by atoms with van der Waals surface area (Å²) in [5, 5.41) is 3.48. The summed E-state index contributed by atoms with van der Waals surface area (Å²) in [5.41, 5.74) is 2.38. The maximum atomic E-state index is 12.4. The van der Waals surface area contributed by atoms with Crippen LogP contribution in [0, 0.1) is 18.8 Å². The van der Waals surface area contributed by atoms with Crippen molar-refractivity contribution in [2.75, 3.05) is 26.2 Å². The Morgan fingerprint density at radius 3 is 2.35 bits per heavy atom. The molecule has 3 nitrogen and oxygen atoms in total. The van der Waals surface area contributed by atoms with E-state index < -0.39 is 0 Å². The van der Waals surface area contributed by atoms with Crippen LogP contribution in [-0.2, 0) is 11.2 Å². The fourth-order valence-electron chi connectivity index (χ4n) is 3.46. The molecule has 0 aromatic heterocycles. The number of hydrogen-bond acceptors (Lipinski definition) is 2. The van der Waals surface area contributed by atoms with Crippen LogP contribution in [-0.4, -0.2) is 37.0 Å². The highest BCUT2D eigenvalue weighted by molar-refractivity contribution is 5.78. The van der Waals surface area contributed by atoms with Crippen molar-refractivity contribution in [1.82, 2.24) is 10.2 Å². The minimum atomic E-state index is 0.293. The molecule has 0 spiro atoms. The molecule has 1 amide bonds. The molecular weight excluding hydrogens is 248 g/mol. The molecule has 2 aliphatic heterocycles. The molecule has 3 rings (SSSR count). The number of nitrogens with zero attached hydrogens (tertiary/aromatic N) is 1. The Morgan fingerprint density at radius 1 is 1.15 bits per heavy atom. The molecule has 1 aromatic carbocycles. The molecule has 0 saturated carbocycles. The molecule has 3 heteroatoms. The second-order valence-electron chi connectivity index (χ2n) is 6.30. The summed E-state index contributed by atoms with van der Waals surface area (Å²) in [5.74, 6) is 1.86. The number of amides is 1. The van der Waals surface area contributed by atoms with Gasteiger partial charge in [0.25, 0.3) is 0 Å². The SMILES string of the molecule is Cc1ccc(CC(=O)N2CC[C@@H]3CNC[C@@H]3CC2)cc1. The zero-order valence-electron chi connectivity index (χ0n) is 12.3. The van der Waals surface area contributed by atoms with Gasteiger partial charge in [-0.3, -0.25) is 4.79 Å². The first kappa shape index (κ1) is 13.6. The van der Waals surface area contributed by atoms with Crippen LogP contribution >= 0.6 is 0 Å². The largest absolute Gasteiger partial charge is 0.342 e. The van der Waals surface area contributed by atoms with Gasteiger partial charge in [-0.1, -0.05) is 29.8 Å². The smallest absolute Gasteiger partial charge is 0.226 e. The van der Waals surface area contributed by atoms with Crippen LogP contribution in [0.1, 0.15) is 24.0 Å². The van der Waals surface area contributed by atoms with E-state index in [4.69, 9.17) is 0 Å². The summed E-state index contributed by atoms with van der Waals surface area (Å²) < 4.78 is 0. The monoisotopic (exact) mass is 272 g/mol. The Kier molecular flexibility index (Phi) is 4.06. The summed E-state index contributed by atoms with van der Waals surface area (Å²) in [4.78, 5) is 14.5. The Labute approximate surface area is 121 Å². The van der Waals surface area contributed by atoms with Crippen LogP contribution in [0.2, 0.25) is 0 Å². The third kappa shape index (κ3) is 3.04. The molecular formula is C17H24N2O. The first-order valence-electron chi connectivity index (χ1n) is 7.76. The number of aryl methyl sites for hydroxylation is 1. The lowest BCUT2D eigenvalue weighted by Crippen LogP contribution is -2.33. The Morgan fingerprint density at radius 2 is 1.75 bits per heavy atom. The van der Waals surface area contributed by atoms with Crippen LogP contribution in [0.4, 0.5) is 0 Å². The molecule has 0 bridgehead atoms. The second kappa shape index (κ2) is 5.96. The number of nitrogens with one attached hydrogen (secondary N) is 1. The van der Waals surface area contributed by atoms with Gasteiger partial charge in [0, 0.05) is 13.1 Å². The van der Waals surface area contributed by atoms with Crippen molar-refractivity contribution in [3.63, 3.8) is 0 Å². The minimum Gasteiger partial charge on any atom is -0.342 e. The second-order valence-corrected chi connectivity index (χ2v) is 6.30. The van der Waals surface area contributed by atoms with Gasteiger partial charge in [0.15, 0.2) is 0 Å². The van der Waals surface area contributed by atoms with Crippen molar-refractivity contribution in [3.05, 3.63) is 35.4 Å². The van der Waals surface area contributed by atoms with E-state index in [0.717, 1.165) is 56.4 Å². The van der Waals surface area contributed by atoms with E-state index in [-0.39, 0.29) is 0 Å². The first-order valence-corrected chi connectivity index (χ1v) is 7.76. The quantitative estimate of drug-likeness (QED) is 0.893. The van der Waals surface area contributed by atoms with Crippen molar-refractivity contribution in [2.45, 2.75) is 26.2 Å². The molecule has 2 aliphatic rings. The molecule has 0 aliphatic carbocycles. The maximum Gasteiger partial charge on any atom is 0.226 e. The fraction of sp³-hybridized carbons (Fsp3) is 0.588. The normalized spacial score (nSPS) is 26.1. The van der Waals surface area contributed by atoms with E-state index in [1.54, 1.807) is 0 Å². The molecule has 2 saturated heterocycles.